The van der Waals surface area contributed by atoms with E-state index in [0.29, 0.717) is 5.56 Å². The van der Waals surface area contributed by atoms with Gasteiger partial charge in [-0.15, -0.1) is 0 Å². The van der Waals surface area contributed by atoms with E-state index in [2.05, 4.69) is 0 Å². The maximum Gasteiger partial charge on any atom is 0.246 e. The number of rotatable bonds is 10. The number of methoxy groups -OCH3 is 1. The number of carbonyl (C=O) groups excluding carboxylic acids is 5. The number of aromatic hydroxyl groups is 3. The molecule has 2 amide bonds. The quantitative estimate of drug-likeness (QED) is 0.0957. The summed E-state index contributed by atoms with van der Waals surface area (Å²) in [6.07, 6.45) is -7.51. The van der Waals surface area contributed by atoms with Crippen molar-refractivity contribution in [3.63, 3.8) is 0 Å². The highest BCUT2D eigenvalue weighted by molar-refractivity contribution is 6.31. The monoisotopic (exact) mass is 763 g/mol. The van der Waals surface area contributed by atoms with Crippen LogP contribution in [0.15, 0.2) is 42.5 Å². The molecule has 0 bridgehead atoms. The largest absolute Gasteiger partial charge is 0.508 e. The van der Waals surface area contributed by atoms with Crippen LogP contribution in [-0.2, 0) is 36.7 Å². The van der Waals surface area contributed by atoms with E-state index in [0.717, 1.165) is 4.90 Å². The van der Waals surface area contributed by atoms with Crippen molar-refractivity contribution in [2.24, 2.45) is 11.5 Å². The molecule has 2 aliphatic carbocycles. The summed E-state index contributed by atoms with van der Waals surface area (Å²) < 4.78 is 17.5. The summed E-state index contributed by atoms with van der Waals surface area (Å²) in [7, 11) is 1.28. The number of phenols is 3. The Labute approximate surface area is 313 Å². The van der Waals surface area contributed by atoms with Crippen molar-refractivity contribution in [2.45, 2.75) is 74.9 Å². The van der Waals surface area contributed by atoms with Crippen LogP contribution in [0.4, 0.5) is 0 Å². The van der Waals surface area contributed by atoms with Gasteiger partial charge in [-0.05, 0) is 37.1 Å². The van der Waals surface area contributed by atoms with Crippen molar-refractivity contribution in [3.05, 3.63) is 81.4 Å². The van der Waals surface area contributed by atoms with Crippen molar-refractivity contribution in [3.8, 4) is 23.0 Å². The Morgan fingerprint density at radius 1 is 1.02 bits per heavy atom. The molecule has 17 heteroatoms. The van der Waals surface area contributed by atoms with Gasteiger partial charge in [0.05, 0.1) is 54.6 Å². The average Bonchev–Trinajstić information content (AvgIpc) is 3.16. The molecule has 1 saturated heterocycles. The number of fused-ring (bicyclic) bond motifs is 3. The van der Waals surface area contributed by atoms with E-state index in [4.69, 9.17) is 25.7 Å². The molecule has 3 aromatic carbocycles. The number of aliphatic hydroxyl groups is 3. The Bertz CT molecular complexity index is 2070. The second kappa shape index (κ2) is 15.1. The Kier molecular flexibility index (Phi) is 10.8. The predicted octanol–water partition coefficient (Wildman–Crippen LogP) is -0.368. The molecule has 0 saturated carbocycles. The lowest BCUT2D eigenvalue weighted by atomic mass is 9.72. The number of hydrogen-bond acceptors (Lipinski definition) is 16. The Hall–Kier alpha value is -5.27. The van der Waals surface area contributed by atoms with Gasteiger partial charge in [0.15, 0.2) is 17.9 Å². The highest BCUT2D eigenvalue weighted by atomic mass is 16.7. The normalized spacial score (nSPS) is 25.0. The van der Waals surface area contributed by atoms with Gasteiger partial charge in [0.25, 0.3) is 0 Å². The van der Waals surface area contributed by atoms with Crippen LogP contribution >= 0.6 is 0 Å². The van der Waals surface area contributed by atoms with Crippen molar-refractivity contribution in [1.29, 1.82) is 0 Å². The van der Waals surface area contributed by atoms with E-state index in [-0.39, 0.29) is 40.2 Å². The minimum absolute atomic E-state index is 0.0113. The van der Waals surface area contributed by atoms with E-state index in [1.54, 1.807) is 12.1 Å². The number of ether oxygens (including phenoxy) is 3. The molecule has 1 heterocycles. The number of ketones is 3. The SMILES string of the molecule is COc1cccc2c1C(=O)c1c(O)c3c(c(O)c1C2=O)C[C@@](O)(C(=O)CO)C[C@@H]3OC1CC(N(C(=O)CN)C(=O)[C@@H](N)Cc2ccc(O)cc2)C(O)C(C)O1. The summed E-state index contributed by atoms with van der Waals surface area (Å²) >= 11 is 0. The number of nitrogens with two attached hydrogens (primary N) is 2. The van der Waals surface area contributed by atoms with E-state index in [1.807, 2.05) is 0 Å². The molecular weight excluding hydrogens is 722 g/mol. The molecule has 3 aliphatic rings. The van der Waals surface area contributed by atoms with Crippen LogP contribution in [0.3, 0.4) is 0 Å². The van der Waals surface area contributed by atoms with Gasteiger partial charge in [0, 0.05) is 36.0 Å². The molecule has 0 spiro atoms. The molecule has 17 nitrogen and oxygen atoms in total. The third-order valence-electron chi connectivity index (χ3n) is 10.5. The number of imide groups is 1. The molecule has 1 aliphatic heterocycles. The molecule has 4 unspecified atom stereocenters. The van der Waals surface area contributed by atoms with Crippen LogP contribution in [0.5, 0.6) is 23.0 Å². The van der Waals surface area contributed by atoms with E-state index < -0.39 is 126 Å². The maximum atomic E-state index is 14.0. The lowest BCUT2D eigenvalue weighted by Crippen LogP contribution is -2.62. The minimum atomic E-state index is -2.43. The van der Waals surface area contributed by atoms with Gasteiger partial charge in [-0.2, -0.15) is 0 Å². The van der Waals surface area contributed by atoms with E-state index in [1.165, 1.54) is 44.4 Å². The lowest BCUT2D eigenvalue weighted by Gasteiger charge is -2.45. The van der Waals surface area contributed by atoms with E-state index in [9.17, 15) is 54.6 Å². The topological polar surface area (TPSA) is 290 Å². The van der Waals surface area contributed by atoms with Crippen LogP contribution in [0.1, 0.15) is 74.4 Å². The second-order valence-electron chi connectivity index (χ2n) is 13.8. The predicted molar refractivity (Wildman–Crippen MR) is 188 cm³/mol. The van der Waals surface area contributed by atoms with Gasteiger partial charge in [-0.1, -0.05) is 24.3 Å². The van der Waals surface area contributed by atoms with Gasteiger partial charge in [0.2, 0.25) is 17.6 Å². The number of aliphatic hydroxyl groups excluding tert-OH is 2. The molecule has 292 valence electrons. The van der Waals surface area contributed by atoms with Crippen LogP contribution in [0.25, 0.3) is 0 Å². The number of Topliss-reactive ketones (excluding diaryl/α,β-unsaturated/α-hetero) is 1. The molecule has 6 rings (SSSR count). The third-order valence-corrected chi connectivity index (χ3v) is 10.5. The summed E-state index contributed by atoms with van der Waals surface area (Å²) in [5.41, 5.74) is 8.03. The van der Waals surface area contributed by atoms with Gasteiger partial charge >= 0.3 is 0 Å². The Morgan fingerprint density at radius 3 is 2.33 bits per heavy atom. The van der Waals surface area contributed by atoms with Crippen LogP contribution in [-0.4, -0.2) is 121 Å². The third kappa shape index (κ3) is 6.84. The zero-order valence-electron chi connectivity index (χ0n) is 29.8. The van der Waals surface area contributed by atoms with Crippen molar-refractivity contribution in [1.82, 2.24) is 4.90 Å². The van der Waals surface area contributed by atoms with Gasteiger partial charge in [-0.3, -0.25) is 28.9 Å². The zero-order valence-corrected chi connectivity index (χ0v) is 29.8. The van der Waals surface area contributed by atoms with Gasteiger partial charge in [0.1, 0.15) is 41.3 Å². The second-order valence-corrected chi connectivity index (χ2v) is 13.8. The first-order chi connectivity index (χ1) is 26.1. The fourth-order valence-corrected chi connectivity index (χ4v) is 7.67. The first-order valence-corrected chi connectivity index (χ1v) is 17.4. The lowest BCUT2D eigenvalue weighted by molar-refractivity contribution is -0.256. The summed E-state index contributed by atoms with van der Waals surface area (Å²) in [6.45, 7) is -0.351. The molecule has 10 N–H and O–H groups in total. The highest BCUT2D eigenvalue weighted by Crippen LogP contribution is 2.52. The Morgan fingerprint density at radius 2 is 1.69 bits per heavy atom. The zero-order chi connectivity index (χ0) is 40.1. The number of benzene rings is 3. The number of amides is 2. The summed E-state index contributed by atoms with van der Waals surface area (Å²) in [5.74, 6) is -6.17. The van der Waals surface area contributed by atoms with Crippen molar-refractivity contribution < 1.29 is 68.8 Å². The Balaban J connectivity index is 1.39. The van der Waals surface area contributed by atoms with Crippen LogP contribution in [0.2, 0.25) is 0 Å². The number of carbonyl (C=O) groups is 5. The average molecular weight is 764 g/mol. The fourth-order valence-electron chi connectivity index (χ4n) is 7.67. The van der Waals surface area contributed by atoms with Crippen molar-refractivity contribution >= 4 is 29.2 Å². The summed E-state index contributed by atoms with van der Waals surface area (Å²) in [5, 5.41) is 65.7. The fraction of sp³-hybridized carbons (Fsp3) is 0.395. The number of nitrogens with zero attached hydrogens (tertiary/aromatic N) is 1. The van der Waals surface area contributed by atoms with Gasteiger partial charge < -0.3 is 56.3 Å². The number of phenolic OH excluding ortho intramolecular Hbond substituents is 3. The molecular formula is C38H41N3O14. The molecule has 1 fully saturated rings. The standard InChI is InChI=1S/C38H41N3O14/c1-16-32(46)22(41(26(45)14-39)37(51)21(40)10-17-6-8-18(43)9-7-17)11-27(54-16)55-24-13-38(52,25(44)15-42)12-20-29(24)36(50)31-30(34(20)48)33(47)19-4-3-5-23(53-2)28(19)35(31)49/h3-9,16,21-22,24,27,32,42-43,46,48,50,52H,10-15,39-40H2,1-2H3/t16?,21-,22?,24-,27?,32?,38-/m0/s1. The van der Waals surface area contributed by atoms with Crippen LogP contribution < -0.4 is 16.2 Å². The highest BCUT2D eigenvalue weighted by Gasteiger charge is 2.51. The van der Waals surface area contributed by atoms with E-state index >= 15 is 0 Å². The number of hydrogen-bond donors (Lipinski definition) is 8. The summed E-state index contributed by atoms with van der Waals surface area (Å²) in [6, 6.07) is 7.47. The van der Waals surface area contributed by atoms with Crippen molar-refractivity contribution in [2.75, 3.05) is 20.3 Å². The van der Waals surface area contributed by atoms with Crippen LogP contribution in [0, 0.1) is 0 Å². The minimum Gasteiger partial charge on any atom is -0.508 e. The molecule has 55 heavy (non-hydrogen) atoms. The first kappa shape index (κ1) is 39.4. The molecule has 0 radical (unpaired) electrons. The first-order valence-electron chi connectivity index (χ1n) is 17.4. The molecule has 3 aromatic rings. The molecule has 0 aromatic heterocycles. The summed E-state index contributed by atoms with van der Waals surface area (Å²) in [4.78, 5) is 68.5. The maximum absolute atomic E-state index is 14.0. The van der Waals surface area contributed by atoms with Gasteiger partial charge in [-0.25, -0.2) is 0 Å². The smallest absolute Gasteiger partial charge is 0.246 e. The molecule has 7 atom stereocenters.